The third kappa shape index (κ3) is 5.21. The highest BCUT2D eigenvalue weighted by molar-refractivity contribution is 5.92. The number of rotatable bonds is 5. The Labute approximate surface area is 112 Å². The van der Waals surface area contributed by atoms with E-state index in [0.29, 0.717) is 6.54 Å². The second-order valence-corrected chi connectivity index (χ2v) is 4.45. The molecule has 0 aliphatic heterocycles. The number of nitrogens with zero attached hydrogens (tertiary/aromatic N) is 1. The summed E-state index contributed by atoms with van der Waals surface area (Å²) < 4.78 is 0. The van der Waals surface area contributed by atoms with E-state index < -0.39 is 0 Å². The zero-order chi connectivity index (χ0) is 14.3. The van der Waals surface area contributed by atoms with Gasteiger partial charge < -0.3 is 10.6 Å². The molecule has 0 atom stereocenters. The van der Waals surface area contributed by atoms with E-state index in [1.165, 1.54) is 0 Å². The molecule has 0 saturated heterocycles. The monoisotopic (exact) mass is 259 g/mol. The normalized spacial score (nSPS) is 9.79. The SMILES string of the molecule is CC(C)C(=O)Nc1ccc(CNC(=O)CC#N)cc1. The zero-order valence-electron chi connectivity index (χ0n) is 11.1. The molecule has 1 aromatic carbocycles. The number of benzene rings is 1. The number of nitrogens with one attached hydrogen (secondary N) is 2. The molecule has 2 N–H and O–H groups in total. The smallest absolute Gasteiger partial charge is 0.234 e. The van der Waals surface area contributed by atoms with Crippen LogP contribution in [0.2, 0.25) is 0 Å². The summed E-state index contributed by atoms with van der Waals surface area (Å²) in [7, 11) is 0. The van der Waals surface area contributed by atoms with E-state index in [1.54, 1.807) is 18.2 Å². The molecular weight excluding hydrogens is 242 g/mol. The Morgan fingerprint density at radius 3 is 2.42 bits per heavy atom. The fraction of sp³-hybridized carbons (Fsp3) is 0.357. The summed E-state index contributed by atoms with van der Waals surface area (Å²) in [5.41, 5.74) is 1.64. The van der Waals surface area contributed by atoms with Crippen molar-refractivity contribution in [1.82, 2.24) is 5.32 Å². The number of carbonyl (C=O) groups is 2. The number of amides is 2. The number of hydrogen-bond donors (Lipinski definition) is 2. The van der Waals surface area contributed by atoms with E-state index >= 15 is 0 Å². The Morgan fingerprint density at radius 2 is 1.89 bits per heavy atom. The average molecular weight is 259 g/mol. The Bertz CT molecular complexity index is 486. The molecule has 5 heteroatoms. The molecule has 19 heavy (non-hydrogen) atoms. The summed E-state index contributed by atoms with van der Waals surface area (Å²) in [5, 5.41) is 13.8. The molecular formula is C14H17N3O2. The topological polar surface area (TPSA) is 82.0 Å². The summed E-state index contributed by atoms with van der Waals surface area (Å²) in [6, 6.07) is 9.00. The van der Waals surface area contributed by atoms with Gasteiger partial charge in [0.1, 0.15) is 6.42 Å². The maximum atomic E-state index is 11.5. The second kappa shape index (κ2) is 7.17. The van der Waals surface area contributed by atoms with Crippen LogP contribution in [-0.2, 0) is 16.1 Å². The van der Waals surface area contributed by atoms with Gasteiger partial charge >= 0.3 is 0 Å². The predicted octanol–water partition coefficient (Wildman–Crippen LogP) is 1.81. The molecule has 0 aliphatic carbocycles. The summed E-state index contributed by atoms with van der Waals surface area (Å²) >= 11 is 0. The molecule has 0 unspecified atom stereocenters. The van der Waals surface area contributed by atoms with Gasteiger partial charge in [-0.25, -0.2) is 0 Å². The van der Waals surface area contributed by atoms with Crippen molar-refractivity contribution in [3.05, 3.63) is 29.8 Å². The van der Waals surface area contributed by atoms with Crippen molar-refractivity contribution in [3.8, 4) is 6.07 Å². The molecule has 2 amide bonds. The third-order valence-corrected chi connectivity index (χ3v) is 2.48. The summed E-state index contributed by atoms with van der Waals surface area (Å²) in [6.07, 6.45) is -0.136. The minimum atomic E-state index is -0.292. The first-order valence-electron chi connectivity index (χ1n) is 6.06. The minimum Gasteiger partial charge on any atom is -0.351 e. The van der Waals surface area contributed by atoms with Crippen LogP contribution in [0.3, 0.4) is 0 Å². The highest BCUT2D eigenvalue weighted by Crippen LogP contribution is 2.10. The lowest BCUT2D eigenvalue weighted by Crippen LogP contribution is -2.21. The molecule has 0 radical (unpaired) electrons. The standard InChI is InChI=1S/C14H17N3O2/c1-10(2)14(19)17-12-5-3-11(4-6-12)9-16-13(18)7-8-15/h3-6,10H,7,9H2,1-2H3,(H,16,18)(H,17,19). The quantitative estimate of drug-likeness (QED) is 0.846. The van der Waals surface area contributed by atoms with Crippen LogP contribution in [-0.4, -0.2) is 11.8 Å². The fourth-order valence-corrected chi connectivity index (χ4v) is 1.33. The Kier molecular flexibility index (Phi) is 5.55. The van der Waals surface area contributed by atoms with Crippen LogP contribution in [0.25, 0.3) is 0 Å². The van der Waals surface area contributed by atoms with Crippen LogP contribution in [0.15, 0.2) is 24.3 Å². The zero-order valence-corrected chi connectivity index (χ0v) is 11.1. The van der Waals surface area contributed by atoms with Crippen molar-refractivity contribution in [2.45, 2.75) is 26.8 Å². The molecule has 1 rings (SSSR count). The van der Waals surface area contributed by atoms with Crippen molar-refractivity contribution in [1.29, 1.82) is 5.26 Å². The van der Waals surface area contributed by atoms with Gasteiger partial charge in [0.15, 0.2) is 0 Å². The molecule has 0 aromatic heterocycles. The van der Waals surface area contributed by atoms with Crippen molar-refractivity contribution in [2.75, 3.05) is 5.32 Å². The van der Waals surface area contributed by atoms with Gasteiger partial charge in [-0.05, 0) is 17.7 Å². The van der Waals surface area contributed by atoms with Gasteiger partial charge in [-0.2, -0.15) is 5.26 Å². The largest absolute Gasteiger partial charge is 0.351 e. The summed E-state index contributed by atoms with van der Waals surface area (Å²) in [5.74, 6) is -0.389. The van der Waals surface area contributed by atoms with Crippen LogP contribution in [0, 0.1) is 17.2 Å². The van der Waals surface area contributed by atoms with E-state index in [-0.39, 0.29) is 24.2 Å². The number of hydrogen-bond acceptors (Lipinski definition) is 3. The Hall–Kier alpha value is -2.35. The second-order valence-electron chi connectivity index (χ2n) is 4.45. The molecule has 100 valence electrons. The number of nitriles is 1. The van der Waals surface area contributed by atoms with E-state index in [1.807, 2.05) is 26.0 Å². The first kappa shape index (κ1) is 14.7. The minimum absolute atomic E-state index is 0.0323. The molecule has 0 heterocycles. The summed E-state index contributed by atoms with van der Waals surface area (Å²) in [4.78, 5) is 22.6. The fourth-order valence-electron chi connectivity index (χ4n) is 1.33. The van der Waals surface area contributed by atoms with Gasteiger partial charge in [0.25, 0.3) is 0 Å². The van der Waals surface area contributed by atoms with Crippen LogP contribution >= 0.6 is 0 Å². The van der Waals surface area contributed by atoms with Gasteiger partial charge in [0.05, 0.1) is 6.07 Å². The van der Waals surface area contributed by atoms with Gasteiger partial charge in [-0.1, -0.05) is 26.0 Å². The van der Waals surface area contributed by atoms with Gasteiger partial charge in [0, 0.05) is 18.2 Å². The van der Waals surface area contributed by atoms with Crippen LogP contribution < -0.4 is 10.6 Å². The van der Waals surface area contributed by atoms with Crippen molar-refractivity contribution in [3.63, 3.8) is 0 Å². The molecule has 0 spiro atoms. The molecule has 0 saturated carbocycles. The number of carbonyl (C=O) groups excluding carboxylic acids is 2. The molecule has 0 aliphatic rings. The lowest BCUT2D eigenvalue weighted by molar-refractivity contribution is -0.120. The molecule has 1 aromatic rings. The van der Waals surface area contributed by atoms with Gasteiger partial charge in [0.2, 0.25) is 11.8 Å². The lowest BCUT2D eigenvalue weighted by Gasteiger charge is -2.08. The Balaban J connectivity index is 2.50. The van der Waals surface area contributed by atoms with Crippen LogP contribution in [0.4, 0.5) is 5.69 Å². The third-order valence-electron chi connectivity index (χ3n) is 2.48. The molecule has 5 nitrogen and oxygen atoms in total. The van der Waals surface area contributed by atoms with E-state index in [9.17, 15) is 9.59 Å². The maximum Gasteiger partial charge on any atom is 0.234 e. The van der Waals surface area contributed by atoms with Crippen molar-refractivity contribution in [2.24, 2.45) is 5.92 Å². The first-order valence-corrected chi connectivity index (χ1v) is 6.06. The predicted molar refractivity (Wildman–Crippen MR) is 72.0 cm³/mol. The first-order chi connectivity index (χ1) is 9.02. The molecule has 0 bridgehead atoms. The van der Waals surface area contributed by atoms with Crippen LogP contribution in [0.1, 0.15) is 25.8 Å². The highest BCUT2D eigenvalue weighted by Gasteiger charge is 2.06. The van der Waals surface area contributed by atoms with E-state index in [2.05, 4.69) is 10.6 Å². The average Bonchev–Trinajstić information content (AvgIpc) is 2.38. The van der Waals surface area contributed by atoms with Gasteiger partial charge in [-0.15, -0.1) is 0 Å². The summed E-state index contributed by atoms with van der Waals surface area (Å²) in [6.45, 7) is 4.03. The maximum absolute atomic E-state index is 11.5. The number of anilines is 1. The van der Waals surface area contributed by atoms with Gasteiger partial charge in [-0.3, -0.25) is 9.59 Å². The highest BCUT2D eigenvalue weighted by atomic mass is 16.2. The Morgan fingerprint density at radius 1 is 1.26 bits per heavy atom. The van der Waals surface area contributed by atoms with E-state index in [0.717, 1.165) is 11.3 Å². The van der Waals surface area contributed by atoms with E-state index in [4.69, 9.17) is 5.26 Å². The van der Waals surface area contributed by atoms with Crippen molar-refractivity contribution >= 4 is 17.5 Å². The molecule has 0 fully saturated rings. The van der Waals surface area contributed by atoms with Crippen LogP contribution in [0.5, 0.6) is 0 Å². The lowest BCUT2D eigenvalue weighted by atomic mass is 10.1. The van der Waals surface area contributed by atoms with Crippen molar-refractivity contribution < 1.29 is 9.59 Å².